The fourth-order valence-corrected chi connectivity index (χ4v) is 3.04. The molecule has 1 fully saturated rings. The van der Waals surface area contributed by atoms with Gasteiger partial charge in [0.2, 0.25) is 0 Å². The van der Waals surface area contributed by atoms with Crippen LogP contribution in [-0.2, 0) is 6.42 Å². The molecular formula is C15H21ClFN. The Labute approximate surface area is 114 Å². The van der Waals surface area contributed by atoms with Crippen LogP contribution in [0, 0.1) is 11.7 Å². The lowest BCUT2D eigenvalue weighted by Gasteiger charge is -2.28. The molecule has 0 spiro atoms. The van der Waals surface area contributed by atoms with Crippen molar-refractivity contribution in [1.82, 2.24) is 0 Å². The predicted octanol–water partition coefficient (Wildman–Crippen LogP) is 4.32. The third kappa shape index (κ3) is 3.46. The molecular weight excluding hydrogens is 249 g/mol. The van der Waals surface area contributed by atoms with E-state index in [0.717, 1.165) is 31.6 Å². The minimum absolute atomic E-state index is 0.193. The van der Waals surface area contributed by atoms with Crippen molar-refractivity contribution in [1.29, 1.82) is 0 Å². The molecule has 0 amide bonds. The minimum atomic E-state index is -0.268. The zero-order valence-corrected chi connectivity index (χ0v) is 11.6. The largest absolute Gasteiger partial charge is 0.325 e. The lowest BCUT2D eigenvalue weighted by atomic mass is 9.84. The van der Waals surface area contributed by atoms with E-state index in [1.165, 1.54) is 12.5 Å². The van der Waals surface area contributed by atoms with Gasteiger partial charge in [-0.3, -0.25) is 0 Å². The van der Waals surface area contributed by atoms with E-state index >= 15 is 0 Å². The van der Waals surface area contributed by atoms with Gasteiger partial charge in [0, 0.05) is 10.6 Å². The molecule has 2 unspecified atom stereocenters. The van der Waals surface area contributed by atoms with Crippen LogP contribution in [0.3, 0.4) is 0 Å². The smallest absolute Gasteiger partial charge is 0.126 e. The second-order valence-corrected chi connectivity index (χ2v) is 6.25. The summed E-state index contributed by atoms with van der Waals surface area (Å²) in [5, 5.41) is 0.581. The van der Waals surface area contributed by atoms with Crippen LogP contribution in [0.5, 0.6) is 0 Å². The number of nitrogens with two attached hydrogens (primary N) is 1. The molecule has 1 aromatic carbocycles. The second-order valence-electron chi connectivity index (χ2n) is 5.81. The summed E-state index contributed by atoms with van der Waals surface area (Å²) >= 11 is 5.93. The maximum atomic E-state index is 13.8. The molecule has 0 aliphatic heterocycles. The lowest BCUT2D eigenvalue weighted by Crippen LogP contribution is -2.41. The Hall–Kier alpha value is -0.600. The minimum Gasteiger partial charge on any atom is -0.325 e. The highest BCUT2D eigenvalue weighted by atomic mass is 35.5. The highest BCUT2D eigenvalue weighted by molar-refractivity contribution is 6.30. The Morgan fingerprint density at radius 2 is 2.17 bits per heavy atom. The Morgan fingerprint density at radius 1 is 1.39 bits per heavy atom. The van der Waals surface area contributed by atoms with E-state index in [4.69, 9.17) is 17.3 Å². The van der Waals surface area contributed by atoms with Gasteiger partial charge in [-0.1, -0.05) is 31.4 Å². The molecule has 2 rings (SSSR count). The average molecular weight is 270 g/mol. The van der Waals surface area contributed by atoms with Crippen molar-refractivity contribution >= 4 is 11.6 Å². The molecule has 18 heavy (non-hydrogen) atoms. The van der Waals surface area contributed by atoms with Crippen molar-refractivity contribution in [3.63, 3.8) is 0 Å². The molecule has 1 nitrogen and oxygen atoms in total. The summed E-state index contributed by atoms with van der Waals surface area (Å²) in [7, 11) is 0. The first-order valence-electron chi connectivity index (χ1n) is 6.71. The van der Waals surface area contributed by atoms with Crippen molar-refractivity contribution in [3.05, 3.63) is 34.6 Å². The third-order valence-corrected chi connectivity index (χ3v) is 4.29. The first kappa shape index (κ1) is 13.8. The van der Waals surface area contributed by atoms with E-state index in [0.29, 0.717) is 17.0 Å². The first-order chi connectivity index (χ1) is 8.48. The zero-order valence-electron chi connectivity index (χ0n) is 10.9. The van der Waals surface area contributed by atoms with E-state index in [-0.39, 0.29) is 11.4 Å². The Bertz CT molecular complexity index is 421. The van der Waals surface area contributed by atoms with Crippen LogP contribution >= 0.6 is 11.6 Å². The fraction of sp³-hybridized carbons (Fsp3) is 0.600. The van der Waals surface area contributed by atoms with E-state index in [9.17, 15) is 4.39 Å². The molecule has 0 saturated heterocycles. The molecule has 2 atom stereocenters. The number of benzene rings is 1. The van der Waals surface area contributed by atoms with Crippen molar-refractivity contribution in [3.8, 4) is 0 Å². The number of halogens is 2. The van der Waals surface area contributed by atoms with E-state index in [2.05, 4.69) is 6.92 Å². The van der Waals surface area contributed by atoms with Gasteiger partial charge < -0.3 is 5.73 Å². The molecule has 0 bridgehead atoms. The standard InChI is InChI=1S/C15H21ClFN/c1-11-3-2-7-15(18,8-6-11)10-12-9-13(16)4-5-14(12)17/h4-5,9,11H,2-3,6-8,10,18H2,1H3. The number of rotatable bonds is 2. The number of hydrogen-bond acceptors (Lipinski definition) is 1. The Kier molecular flexibility index (Phi) is 4.29. The molecule has 0 heterocycles. The van der Waals surface area contributed by atoms with Crippen molar-refractivity contribution in [2.24, 2.45) is 11.7 Å². The van der Waals surface area contributed by atoms with E-state index in [1.54, 1.807) is 12.1 Å². The third-order valence-electron chi connectivity index (χ3n) is 4.06. The molecule has 1 aromatic rings. The molecule has 100 valence electrons. The molecule has 0 aromatic heterocycles. The van der Waals surface area contributed by atoms with Gasteiger partial charge in [0.1, 0.15) is 5.82 Å². The monoisotopic (exact) mass is 269 g/mol. The summed E-state index contributed by atoms with van der Waals surface area (Å²) in [6.45, 7) is 2.27. The van der Waals surface area contributed by atoms with Crippen molar-refractivity contribution in [2.45, 2.75) is 51.0 Å². The highest BCUT2D eigenvalue weighted by Gasteiger charge is 2.29. The lowest BCUT2D eigenvalue weighted by molar-refractivity contribution is 0.358. The van der Waals surface area contributed by atoms with Gasteiger partial charge in [-0.2, -0.15) is 0 Å². The van der Waals surface area contributed by atoms with Crippen LogP contribution in [-0.4, -0.2) is 5.54 Å². The topological polar surface area (TPSA) is 26.0 Å². The Morgan fingerprint density at radius 3 is 2.94 bits per heavy atom. The molecule has 1 aliphatic rings. The molecule has 0 radical (unpaired) electrons. The average Bonchev–Trinajstić information content (AvgIpc) is 2.47. The van der Waals surface area contributed by atoms with Crippen LogP contribution < -0.4 is 5.73 Å². The van der Waals surface area contributed by atoms with Crippen LogP contribution in [0.2, 0.25) is 5.02 Å². The summed E-state index contributed by atoms with van der Waals surface area (Å²) in [5.74, 6) is 0.543. The van der Waals surface area contributed by atoms with Gasteiger partial charge in [0.05, 0.1) is 0 Å². The molecule has 2 N–H and O–H groups in total. The summed E-state index contributed by atoms with van der Waals surface area (Å²) in [6, 6.07) is 4.72. The molecule has 3 heteroatoms. The zero-order chi connectivity index (χ0) is 13.2. The number of hydrogen-bond donors (Lipinski definition) is 1. The SMILES string of the molecule is CC1CCCC(N)(Cc2cc(Cl)ccc2F)CC1. The fourth-order valence-electron chi connectivity index (χ4n) is 2.84. The Balaban J connectivity index is 2.13. The van der Waals surface area contributed by atoms with Crippen molar-refractivity contribution < 1.29 is 4.39 Å². The highest BCUT2D eigenvalue weighted by Crippen LogP contribution is 2.32. The van der Waals surface area contributed by atoms with Gasteiger partial charge in [-0.15, -0.1) is 0 Å². The van der Waals surface area contributed by atoms with Crippen LogP contribution in [0.1, 0.15) is 44.6 Å². The molecule has 1 aliphatic carbocycles. The first-order valence-corrected chi connectivity index (χ1v) is 7.09. The van der Waals surface area contributed by atoms with Gasteiger partial charge in [0.25, 0.3) is 0 Å². The van der Waals surface area contributed by atoms with Gasteiger partial charge in [-0.05, 0) is 55.4 Å². The molecule has 1 saturated carbocycles. The van der Waals surface area contributed by atoms with Gasteiger partial charge in [0.15, 0.2) is 0 Å². The van der Waals surface area contributed by atoms with E-state index < -0.39 is 0 Å². The van der Waals surface area contributed by atoms with Crippen LogP contribution in [0.4, 0.5) is 4.39 Å². The van der Waals surface area contributed by atoms with Crippen LogP contribution in [0.25, 0.3) is 0 Å². The van der Waals surface area contributed by atoms with Gasteiger partial charge in [-0.25, -0.2) is 4.39 Å². The quantitative estimate of drug-likeness (QED) is 0.795. The normalized spacial score (nSPS) is 29.0. The summed E-state index contributed by atoms with van der Waals surface area (Å²) in [5.41, 5.74) is 6.85. The van der Waals surface area contributed by atoms with Gasteiger partial charge >= 0.3 is 0 Å². The van der Waals surface area contributed by atoms with E-state index in [1.807, 2.05) is 0 Å². The maximum absolute atomic E-state index is 13.8. The van der Waals surface area contributed by atoms with Crippen molar-refractivity contribution in [2.75, 3.05) is 0 Å². The summed E-state index contributed by atoms with van der Waals surface area (Å²) < 4.78 is 13.8. The van der Waals surface area contributed by atoms with Crippen LogP contribution in [0.15, 0.2) is 18.2 Å². The second kappa shape index (κ2) is 5.58. The summed E-state index contributed by atoms with van der Waals surface area (Å²) in [4.78, 5) is 0. The predicted molar refractivity (Wildman–Crippen MR) is 74.3 cm³/mol. The summed E-state index contributed by atoms with van der Waals surface area (Å²) in [6.07, 6.45) is 6.05. The maximum Gasteiger partial charge on any atom is 0.126 e.